The van der Waals surface area contributed by atoms with Crippen LogP contribution >= 0.6 is 0 Å². The molecule has 0 aromatic heterocycles. The van der Waals surface area contributed by atoms with Gasteiger partial charge in [0.2, 0.25) is 0 Å². The van der Waals surface area contributed by atoms with Gasteiger partial charge in [0, 0.05) is 12.6 Å². The Kier molecular flexibility index (Phi) is 2.20. The quantitative estimate of drug-likeness (QED) is 0.617. The Balaban J connectivity index is 2.05. The highest BCUT2D eigenvalue weighted by Gasteiger charge is 2.38. The van der Waals surface area contributed by atoms with Crippen LogP contribution in [0, 0.1) is 11.8 Å². The highest BCUT2D eigenvalue weighted by atomic mass is 16.3. The molecule has 3 fully saturated rings. The van der Waals surface area contributed by atoms with Crippen molar-refractivity contribution in [3.63, 3.8) is 0 Å². The van der Waals surface area contributed by atoms with Crippen LogP contribution in [0.3, 0.4) is 0 Å². The first-order valence-corrected chi connectivity index (χ1v) is 4.82. The molecule has 2 nitrogen and oxygen atoms in total. The van der Waals surface area contributed by atoms with Gasteiger partial charge in [0.15, 0.2) is 0 Å². The molecule has 0 saturated carbocycles. The van der Waals surface area contributed by atoms with E-state index < -0.39 is 0 Å². The van der Waals surface area contributed by atoms with Crippen molar-refractivity contribution in [2.75, 3.05) is 19.7 Å². The van der Waals surface area contributed by atoms with E-state index in [9.17, 15) is 0 Å². The summed E-state index contributed by atoms with van der Waals surface area (Å²) in [5.74, 6) is 1.48. The van der Waals surface area contributed by atoms with Gasteiger partial charge in [-0.05, 0) is 31.2 Å². The number of piperidine rings is 3. The standard InChI is InChI=1S/C10H17NO/c1-2-8-6-11-4-3-9(8)5-10(11)7-12/h2,8-10,12H,1,3-7H2/t8-,9+,10-/m0/s1. The number of rotatable bonds is 2. The largest absolute Gasteiger partial charge is 0.395 e. The van der Waals surface area contributed by atoms with Crippen molar-refractivity contribution in [3.8, 4) is 0 Å². The second-order valence-corrected chi connectivity index (χ2v) is 4.02. The molecular weight excluding hydrogens is 150 g/mol. The molecule has 3 saturated heterocycles. The number of hydrogen-bond acceptors (Lipinski definition) is 2. The van der Waals surface area contributed by atoms with E-state index in [1.54, 1.807) is 0 Å². The van der Waals surface area contributed by atoms with Gasteiger partial charge in [0.05, 0.1) is 6.61 Å². The van der Waals surface area contributed by atoms with Crippen molar-refractivity contribution in [1.82, 2.24) is 4.90 Å². The normalized spacial score (nSPS) is 46.1. The van der Waals surface area contributed by atoms with Crippen molar-refractivity contribution < 1.29 is 5.11 Å². The summed E-state index contributed by atoms with van der Waals surface area (Å²) >= 11 is 0. The van der Waals surface area contributed by atoms with Gasteiger partial charge in [-0.1, -0.05) is 6.08 Å². The second kappa shape index (κ2) is 3.19. The van der Waals surface area contributed by atoms with E-state index in [4.69, 9.17) is 5.11 Å². The van der Waals surface area contributed by atoms with Gasteiger partial charge in [0.25, 0.3) is 0 Å². The summed E-state index contributed by atoms with van der Waals surface area (Å²) in [6.45, 7) is 6.50. The van der Waals surface area contributed by atoms with Crippen molar-refractivity contribution in [2.24, 2.45) is 11.8 Å². The Morgan fingerprint density at radius 2 is 2.42 bits per heavy atom. The molecule has 3 heterocycles. The number of nitrogens with zero attached hydrogens (tertiary/aromatic N) is 1. The topological polar surface area (TPSA) is 23.5 Å². The maximum Gasteiger partial charge on any atom is 0.0586 e. The molecule has 0 aromatic carbocycles. The van der Waals surface area contributed by atoms with Crippen molar-refractivity contribution in [3.05, 3.63) is 12.7 Å². The molecule has 4 atom stereocenters. The molecule has 3 rings (SSSR count). The van der Waals surface area contributed by atoms with Crippen LogP contribution in [0.1, 0.15) is 12.8 Å². The highest BCUT2D eigenvalue weighted by Crippen LogP contribution is 2.36. The van der Waals surface area contributed by atoms with Gasteiger partial charge in [-0.25, -0.2) is 0 Å². The zero-order chi connectivity index (χ0) is 8.55. The van der Waals surface area contributed by atoms with Crippen LogP contribution < -0.4 is 0 Å². The summed E-state index contributed by atoms with van der Waals surface area (Å²) in [5, 5.41) is 9.10. The molecular formula is C10H17NO. The lowest BCUT2D eigenvalue weighted by atomic mass is 9.76. The van der Waals surface area contributed by atoms with Gasteiger partial charge < -0.3 is 5.11 Å². The SMILES string of the molecule is C=C[C@H]1CN2CC[C@@H]1C[C@H]2CO. The Hall–Kier alpha value is -0.340. The van der Waals surface area contributed by atoms with Gasteiger partial charge in [-0.15, -0.1) is 6.58 Å². The van der Waals surface area contributed by atoms with Gasteiger partial charge in [0.1, 0.15) is 0 Å². The highest BCUT2D eigenvalue weighted by molar-refractivity contribution is 4.98. The van der Waals surface area contributed by atoms with Crippen molar-refractivity contribution in [2.45, 2.75) is 18.9 Å². The molecule has 0 aromatic rings. The van der Waals surface area contributed by atoms with E-state index >= 15 is 0 Å². The Morgan fingerprint density at radius 1 is 1.58 bits per heavy atom. The van der Waals surface area contributed by atoms with E-state index in [2.05, 4.69) is 17.6 Å². The second-order valence-electron chi connectivity index (χ2n) is 4.02. The summed E-state index contributed by atoms with van der Waals surface area (Å²) < 4.78 is 0. The van der Waals surface area contributed by atoms with Crippen LogP contribution in [0.5, 0.6) is 0 Å². The van der Waals surface area contributed by atoms with Crippen LogP contribution in [-0.4, -0.2) is 35.7 Å². The van der Waals surface area contributed by atoms with Crippen LogP contribution in [-0.2, 0) is 0 Å². The minimum Gasteiger partial charge on any atom is -0.395 e. The van der Waals surface area contributed by atoms with E-state index in [0.717, 1.165) is 12.5 Å². The predicted octanol–water partition coefficient (Wildman–Crippen LogP) is 0.875. The maximum absolute atomic E-state index is 9.10. The summed E-state index contributed by atoms with van der Waals surface area (Å²) in [5.41, 5.74) is 0. The molecule has 3 aliphatic heterocycles. The number of aliphatic hydroxyl groups excluding tert-OH is 1. The number of fused-ring (bicyclic) bond motifs is 3. The van der Waals surface area contributed by atoms with Crippen LogP contribution in [0.25, 0.3) is 0 Å². The zero-order valence-corrected chi connectivity index (χ0v) is 7.45. The first kappa shape index (κ1) is 8.27. The minimum absolute atomic E-state index is 0.334. The summed E-state index contributed by atoms with van der Waals surface area (Å²) in [6.07, 6.45) is 4.56. The van der Waals surface area contributed by atoms with E-state index in [0.29, 0.717) is 18.6 Å². The Labute approximate surface area is 73.9 Å². The average Bonchev–Trinajstić information content (AvgIpc) is 2.18. The third kappa shape index (κ3) is 1.19. The Bertz CT molecular complexity index is 181. The lowest BCUT2D eigenvalue weighted by Gasteiger charge is -2.48. The lowest BCUT2D eigenvalue weighted by Crippen LogP contribution is -2.54. The third-order valence-corrected chi connectivity index (χ3v) is 3.44. The fourth-order valence-corrected chi connectivity index (χ4v) is 2.64. The molecule has 0 amide bonds. The smallest absolute Gasteiger partial charge is 0.0586 e. The summed E-state index contributed by atoms with van der Waals surface area (Å²) in [7, 11) is 0. The summed E-state index contributed by atoms with van der Waals surface area (Å²) in [4.78, 5) is 2.41. The third-order valence-electron chi connectivity index (χ3n) is 3.44. The molecule has 68 valence electrons. The molecule has 3 aliphatic rings. The van der Waals surface area contributed by atoms with Crippen molar-refractivity contribution >= 4 is 0 Å². The molecule has 0 aliphatic carbocycles. The van der Waals surface area contributed by atoms with E-state index in [1.807, 2.05) is 0 Å². The zero-order valence-electron chi connectivity index (χ0n) is 7.45. The monoisotopic (exact) mass is 167 g/mol. The van der Waals surface area contributed by atoms with Crippen LogP contribution in [0.15, 0.2) is 12.7 Å². The molecule has 1 unspecified atom stereocenters. The minimum atomic E-state index is 0.334. The van der Waals surface area contributed by atoms with E-state index in [-0.39, 0.29) is 0 Å². The molecule has 2 heteroatoms. The Morgan fingerprint density at radius 3 is 2.92 bits per heavy atom. The summed E-state index contributed by atoms with van der Waals surface area (Å²) in [6, 6.07) is 0.444. The van der Waals surface area contributed by atoms with E-state index in [1.165, 1.54) is 19.4 Å². The average molecular weight is 167 g/mol. The van der Waals surface area contributed by atoms with Gasteiger partial charge in [-0.3, -0.25) is 4.90 Å². The first-order valence-electron chi connectivity index (χ1n) is 4.82. The predicted molar refractivity (Wildman–Crippen MR) is 48.9 cm³/mol. The molecule has 0 radical (unpaired) electrons. The van der Waals surface area contributed by atoms with Gasteiger partial charge in [-0.2, -0.15) is 0 Å². The molecule has 1 N–H and O–H groups in total. The number of aliphatic hydroxyl groups is 1. The van der Waals surface area contributed by atoms with Crippen molar-refractivity contribution in [1.29, 1.82) is 0 Å². The first-order chi connectivity index (χ1) is 5.85. The maximum atomic E-state index is 9.10. The fraction of sp³-hybridized carbons (Fsp3) is 0.800. The fourth-order valence-electron chi connectivity index (χ4n) is 2.64. The molecule has 0 spiro atoms. The lowest BCUT2D eigenvalue weighted by molar-refractivity contribution is -0.00631. The molecule has 2 bridgehead atoms. The van der Waals surface area contributed by atoms with Gasteiger partial charge >= 0.3 is 0 Å². The van der Waals surface area contributed by atoms with Crippen LogP contribution in [0.2, 0.25) is 0 Å². The molecule has 12 heavy (non-hydrogen) atoms. The van der Waals surface area contributed by atoms with Crippen LogP contribution in [0.4, 0.5) is 0 Å². The number of hydrogen-bond donors (Lipinski definition) is 1.